The number of carbonyl (C=O) groups is 2. The molecule has 1 aromatic carbocycles. The number of amides is 2. The van der Waals surface area contributed by atoms with Crippen molar-refractivity contribution in [3.05, 3.63) is 23.8 Å². The first-order valence-electron chi connectivity index (χ1n) is 11.8. The highest BCUT2D eigenvalue weighted by Gasteiger charge is 2.29. The van der Waals surface area contributed by atoms with E-state index in [1.54, 1.807) is 19.1 Å². The molecule has 2 fully saturated rings. The number of anilines is 1. The topological polar surface area (TPSA) is 108 Å². The Hall–Kier alpha value is -2.17. The Balaban J connectivity index is 1.89. The van der Waals surface area contributed by atoms with E-state index in [4.69, 9.17) is 4.74 Å². The van der Waals surface area contributed by atoms with Gasteiger partial charge in [0.05, 0.1) is 23.7 Å². The van der Waals surface area contributed by atoms with Crippen molar-refractivity contribution in [1.29, 1.82) is 0 Å². The van der Waals surface area contributed by atoms with Crippen LogP contribution in [0.1, 0.15) is 56.8 Å². The van der Waals surface area contributed by atoms with Crippen molar-refractivity contribution in [2.75, 3.05) is 44.3 Å². The Morgan fingerprint density at radius 2 is 1.70 bits per heavy atom. The van der Waals surface area contributed by atoms with E-state index in [2.05, 4.69) is 15.5 Å². The molecular formula is C23H36N4O5S. The van der Waals surface area contributed by atoms with Crippen LogP contribution in [0.2, 0.25) is 0 Å². The lowest BCUT2D eigenvalue weighted by molar-refractivity contribution is -0.123. The lowest BCUT2D eigenvalue weighted by Crippen LogP contribution is -2.47. The Kier molecular flexibility index (Phi) is 8.72. The molecule has 9 nitrogen and oxygen atoms in total. The van der Waals surface area contributed by atoms with E-state index in [1.165, 1.54) is 10.4 Å². The average Bonchev–Trinajstić information content (AvgIpc) is 2.84. The van der Waals surface area contributed by atoms with Gasteiger partial charge in [-0.05, 0) is 57.7 Å². The highest BCUT2D eigenvalue weighted by Crippen LogP contribution is 2.28. The standard InChI is InChI=1S/C23H36N4O5S/c1-4-17(2)24-22(28)18(3)25-23(29)20-16-19(33(30,31)27-12-14-32-15-13-27)8-9-21(20)26-10-6-5-7-11-26/h8-9,16-18H,4-7,10-15H2,1-3H3,(H,24,28)(H,25,29). The summed E-state index contributed by atoms with van der Waals surface area (Å²) in [7, 11) is -3.75. The summed E-state index contributed by atoms with van der Waals surface area (Å²) in [6.45, 7) is 8.38. The number of nitrogens with one attached hydrogen (secondary N) is 2. The SMILES string of the molecule is CCC(C)NC(=O)C(C)NC(=O)c1cc(S(=O)(=O)N2CCOCC2)ccc1N1CCCCC1. The summed E-state index contributed by atoms with van der Waals surface area (Å²) in [5.74, 6) is -0.726. The Labute approximate surface area is 196 Å². The van der Waals surface area contributed by atoms with Gasteiger partial charge in [-0.1, -0.05) is 6.92 Å². The molecule has 0 saturated carbocycles. The van der Waals surface area contributed by atoms with E-state index < -0.39 is 22.0 Å². The molecule has 3 rings (SSSR count). The largest absolute Gasteiger partial charge is 0.379 e. The summed E-state index contributed by atoms with van der Waals surface area (Å²) < 4.78 is 33.1. The zero-order valence-corrected chi connectivity index (χ0v) is 20.6. The van der Waals surface area contributed by atoms with Crippen LogP contribution in [0.15, 0.2) is 23.1 Å². The monoisotopic (exact) mass is 480 g/mol. The third-order valence-corrected chi connectivity index (χ3v) is 8.15. The van der Waals surface area contributed by atoms with Gasteiger partial charge >= 0.3 is 0 Å². The fourth-order valence-electron chi connectivity index (χ4n) is 4.01. The molecule has 1 aromatic rings. The Bertz CT molecular complexity index is 940. The number of sulfonamides is 1. The molecule has 2 aliphatic heterocycles. The van der Waals surface area contributed by atoms with Gasteiger partial charge in [-0.25, -0.2) is 8.42 Å². The van der Waals surface area contributed by atoms with Gasteiger partial charge in [0.15, 0.2) is 0 Å². The van der Waals surface area contributed by atoms with Crippen molar-refractivity contribution in [1.82, 2.24) is 14.9 Å². The molecule has 2 unspecified atom stereocenters. The van der Waals surface area contributed by atoms with Gasteiger partial charge in [-0.2, -0.15) is 4.31 Å². The second-order valence-corrected chi connectivity index (χ2v) is 10.7. The molecule has 0 aromatic heterocycles. The van der Waals surface area contributed by atoms with E-state index in [-0.39, 0.29) is 35.5 Å². The minimum atomic E-state index is -3.75. The van der Waals surface area contributed by atoms with Crippen molar-refractivity contribution in [3.8, 4) is 0 Å². The molecule has 10 heteroatoms. The van der Waals surface area contributed by atoms with Gasteiger partial charge in [0, 0.05) is 37.9 Å². The van der Waals surface area contributed by atoms with Crippen molar-refractivity contribution in [2.24, 2.45) is 0 Å². The van der Waals surface area contributed by atoms with Crippen LogP contribution >= 0.6 is 0 Å². The summed E-state index contributed by atoms with van der Waals surface area (Å²) >= 11 is 0. The summed E-state index contributed by atoms with van der Waals surface area (Å²) in [6, 6.07) is 3.99. The minimum absolute atomic E-state index is 0.00255. The maximum absolute atomic E-state index is 13.3. The Morgan fingerprint density at radius 3 is 2.33 bits per heavy atom. The summed E-state index contributed by atoms with van der Waals surface area (Å²) in [5.41, 5.74) is 0.970. The predicted octanol–water partition coefficient (Wildman–Crippen LogP) is 1.73. The van der Waals surface area contributed by atoms with Crippen LogP contribution in [0.25, 0.3) is 0 Å². The van der Waals surface area contributed by atoms with E-state index in [9.17, 15) is 18.0 Å². The number of morpholine rings is 1. The molecule has 0 aliphatic carbocycles. The van der Waals surface area contributed by atoms with Gasteiger partial charge in [0.25, 0.3) is 5.91 Å². The molecule has 0 bridgehead atoms. The highest BCUT2D eigenvalue weighted by molar-refractivity contribution is 7.89. The first-order chi connectivity index (χ1) is 15.7. The average molecular weight is 481 g/mol. The summed E-state index contributed by atoms with van der Waals surface area (Å²) in [5, 5.41) is 5.62. The molecule has 2 atom stereocenters. The predicted molar refractivity (Wildman–Crippen MR) is 127 cm³/mol. The third-order valence-electron chi connectivity index (χ3n) is 6.26. The van der Waals surface area contributed by atoms with Crippen LogP contribution in [0.3, 0.4) is 0 Å². The fraction of sp³-hybridized carbons (Fsp3) is 0.652. The van der Waals surface area contributed by atoms with E-state index in [1.807, 2.05) is 13.8 Å². The van der Waals surface area contributed by atoms with Gasteiger partial charge in [-0.3, -0.25) is 9.59 Å². The molecule has 2 aliphatic rings. The maximum Gasteiger partial charge on any atom is 0.254 e. The second kappa shape index (κ2) is 11.3. The molecule has 0 spiro atoms. The normalized spacial score (nSPS) is 19.5. The summed E-state index contributed by atoms with van der Waals surface area (Å²) in [4.78, 5) is 27.9. The third kappa shape index (κ3) is 6.24. The lowest BCUT2D eigenvalue weighted by atomic mass is 10.1. The molecule has 33 heavy (non-hydrogen) atoms. The van der Waals surface area contributed by atoms with Gasteiger partial charge < -0.3 is 20.3 Å². The van der Waals surface area contributed by atoms with E-state index >= 15 is 0 Å². The van der Waals surface area contributed by atoms with Crippen LogP contribution in [-0.2, 0) is 19.6 Å². The van der Waals surface area contributed by atoms with Crippen LogP contribution in [0.5, 0.6) is 0 Å². The molecule has 2 saturated heterocycles. The lowest BCUT2D eigenvalue weighted by Gasteiger charge is -2.31. The maximum atomic E-state index is 13.3. The van der Waals surface area contributed by atoms with Crippen molar-refractivity contribution in [2.45, 2.75) is 63.4 Å². The number of hydrogen-bond donors (Lipinski definition) is 2. The van der Waals surface area contributed by atoms with Crippen molar-refractivity contribution < 1.29 is 22.7 Å². The number of rotatable bonds is 8. The van der Waals surface area contributed by atoms with Gasteiger partial charge in [-0.15, -0.1) is 0 Å². The second-order valence-electron chi connectivity index (χ2n) is 8.76. The van der Waals surface area contributed by atoms with Crippen molar-refractivity contribution >= 4 is 27.5 Å². The molecule has 184 valence electrons. The fourth-order valence-corrected chi connectivity index (χ4v) is 5.45. The first kappa shape index (κ1) is 25.5. The highest BCUT2D eigenvalue weighted by atomic mass is 32.2. The minimum Gasteiger partial charge on any atom is -0.379 e. The van der Waals surface area contributed by atoms with E-state index in [0.717, 1.165) is 38.8 Å². The first-order valence-corrected chi connectivity index (χ1v) is 13.3. The van der Waals surface area contributed by atoms with Crippen molar-refractivity contribution in [3.63, 3.8) is 0 Å². The molecule has 2 amide bonds. The number of hydrogen-bond acceptors (Lipinski definition) is 6. The number of piperidine rings is 1. The van der Waals surface area contributed by atoms with Crippen LogP contribution in [0, 0.1) is 0 Å². The summed E-state index contributed by atoms with van der Waals surface area (Å²) in [6.07, 6.45) is 3.95. The number of ether oxygens (including phenoxy) is 1. The smallest absolute Gasteiger partial charge is 0.254 e. The van der Waals surface area contributed by atoms with Crippen LogP contribution < -0.4 is 15.5 Å². The molecule has 2 N–H and O–H groups in total. The van der Waals surface area contributed by atoms with E-state index in [0.29, 0.717) is 18.9 Å². The molecule has 2 heterocycles. The van der Waals surface area contributed by atoms with Crippen LogP contribution in [0.4, 0.5) is 5.69 Å². The quantitative estimate of drug-likeness (QED) is 0.587. The van der Waals surface area contributed by atoms with Gasteiger partial charge in [0.1, 0.15) is 6.04 Å². The number of benzene rings is 1. The number of nitrogens with zero attached hydrogens (tertiary/aromatic N) is 2. The number of carbonyl (C=O) groups excluding carboxylic acids is 2. The Morgan fingerprint density at radius 1 is 1.03 bits per heavy atom. The molecular weight excluding hydrogens is 444 g/mol. The zero-order valence-electron chi connectivity index (χ0n) is 19.8. The molecule has 0 radical (unpaired) electrons. The zero-order chi connectivity index (χ0) is 24.0. The van der Waals surface area contributed by atoms with Crippen LogP contribution in [-0.4, -0.2) is 76.0 Å². The van der Waals surface area contributed by atoms with Gasteiger partial charge in [0.2, 0.25) is 15.9 Å².